The number of alkyl halides is 3. The summed E-state index contributed by atoms with van der Waals surface area (Å²) in [5.74, 6) is 0. The molecule has 0 aromatic heterocycles. The molecule has 0 spiro atoms. The van der Waals surface area contributed by atoms with Crippen LogP contribution in [0.5, 0.6) is 0 Å². The average molecular weight is 251 g/mol. The molecule has 3 unspecified atom stereocenters. The fourth-order valence-electron chi connectivity index (χ4n) is 3.10. The molecule has 2 saturated heterocycles. The number of nitrogens with two attached hydrogens (primary N) is 1. The van der Waals surface area contributed by atoms with E-state index in [1.165, 1.54) is 0 Å². The molecule has 2 aliphatic heterocycles. The quantitative estimate of drug-likeness (QED) is 0.796. The number of nitrogens with zero attached hydrogens (tertiary/aromatic N) is 2. The Hall–Kier alpha value is -0.330. The van der Waals surface area contributed by atoms with Crippen LogP contribution in [-0.2, 0) is 0 Å². The lowest BCUT2D eigenvalue weighted by atomic mass is 10.0. The zero-order valence-electron chi connectivity index (χ0n) is 10.1. The molecular weight excluding hydrogens is 231 g/mol. The number of halogens is 3. The topological polar surface area (TPSA) is 32.5 Å². The van der Waals surface area contributed by atoms with Crippen molar-refractivity contribution in [1.82, 2.24) is 9.80 Å². The van der Waals surface area contributed by atoms with E-state index < -0.39 is 12.2 Å². The van der Waals surface area contributed by atoms with Gasteiger partial charge in [0.2, 0.25) is 0 Å². The minimum atomic E-state index is -4.22. The molecule has 0 saturated carbocycles. The summed E-state index contributed by atoms with van der Waals surface area (Å²) < 4.78 is 38.7. The summed E-state index contributed by atoms with van der Waals surface area (Å²) >= 11 is 0. The molecule has 2 aliphatic rings. The van der Waals surface area contributed by atoms with Gasteiger partial charge in [-0.3, -0.25) is 9.80 Å². The number of rotatable bonds is 2. The molecule has 0 amide bonds. The minimum Gasteiger partial charge on any atom is -0.329 e. The maximum absolute atomic E-state index is 12.9. The Labute approximate surface area is 99.7 Å². The number of piperazine rings is 1. The van der Waals surface area contributed by atoms with Crippen LogP contribution in [-0.4, -0.2) is 60.3 Å². The zero-order valence-corrected chi connectivity index (χ0v) is 10.1. The first-order valence-electron chi connectivity index (χ1n) is 6.20. The molecule has 0 radical (unpaired) electrons. The van der Waals surface area contributed by atoms with Crippen LogP contribution >= 0.6 is 0 Å². The predicted molar refractivity (Wildman–Crippen MR) is 59.7 cm³/mol. The number of hydrogen-bond acceptors (Lipinski definition) is 3. The Bertz CT molecular complexity index is 269. The smallest absolute Gasteiger partial charge is 0.329 e. The van der Waals surface area contributed by atoms with Gasteiger partial charge in [0.15, 0.2) is 0 Å². The van der Waals surface area contributed by atoms with Crippen molar-refractivity contribution < 1.29 is 13.2 Å². The lowest BCUT2D eigenvalue weighted by molar-refractivity contribution is -0.193. The third kappa shape index (κ3) is 2.58. The molecule has 3 atom stereocenters. The van der Waals surface area contributed by atoms with Gasteiger partial charge in [0, 0.05) is 31.7 Å². The van der Waals surface area contributed by atoms with Gasteiger partial charge in [0.25, 0.3) is 0 Å². The zero-order chi connectivity index (χ0) is 12.6. The Morgan fingerprint density at radius 1 is 1.35 bits per heavy atom. The highest BCUT2D eigenvalue weighted by Gasteiger charge is 2.47. The van der Waals surface area contributed by atoms with Crippen molar-refractivity contribution in [3.8, 4) is 0 Å². The second-order valence-electron chi connectivity index (χ2n) is 5.13. The van der Waals surface area contributed by atoms with E-state index in [1.807, 2.05) is 6.92 Å². The second-order valence-corrected chi connectivity index (χ2v) is 5.13. The fraction of sp³-hybridized carbons (Fsp3) is 1.00. The molecule has 6 heteroatoms. The lowest BCUT2D eigenvalue weighted by Crippen LogP contribution is -2.62. The third-order valence-electron chi connectivity index (χ3n) is 3.99. The van der Waals surface area contributed by atoms with Crippen LogP contribution in [0.2, 0.25) is 0 Å². The summed E-state index contributed by atoms with van der Waals surface area (Å²) in [5.41, 5.74) is 5.31. The molecule has 17 heavy (non-hydrogen) atoms. The highest BCUT2D eigenvalue weighted by atomic mass is 19.4. The summed E-state index contributed by atoms with van der Waals surface area (Å²) in [4.78, 5) is 3.86. The van der Waals surface area contributed by atoms with Crippen molar-refractivity contribution in [1.29, 1.82) is 0 Å². The van der Waals surface area contributed by atoms with E-state index in [0.29, 0.717) is 12.6 Å². The summed E-state index contributed by atoms with van der Waals surface area (Å²) in [6.07, 6.45) is -2.10. The molecule has 2 heterocycles. The molecule has 2 N–H and O–H groups in total. The molecule has 3 nitrogen and oxygen atoms in total. The van der Waals surface area contributed by atoms with Crippen molar-refractivity contribution >= 4 is 0 Å². The first-order chi connectivity index (χ1) is 7.93. The minimum absolute atomic E-state index is 0.0699. The molecule has 100 valence electrons. The highest BCUT2D eigenvalue weighted by Crippen LogP contribution is 2.31. The standard InChI is InChI=1S/C11H20F3N3/c1-8-6-16-4-2-3-9(16)7-17(8)10(5-15)11(12,13)14/h8-10H,2-7,15H2,1H3. The molecule has 0 aromatic rings. The van der Waals surface area contributed by atoms with Crippen LogP contribution in [0.1, 0.15) is 19.8 Å². The van der Waals surface area contributed by atoms with Gasteiger partial charge in [0.05, 0.1) is 0 Å². The molecule has 0 aliphatic carbocycles. The van der Waals surface area contributed by atoms with E-state index in [-0.39, 0.29) is 12.6 Å². The Morgan fingerprint density at radius 3 is 2.65 bits per heavy atom. The second kappa shape index (κ2) is 4.74. The van der Waals surface area contributed by atoms with Crippen LogP contribution in [0, 0.1) is 0 Å². The van der Waals surface area contributed by atoms with Gasteiger partial charge in [-0.05, 0) is 26.3 Å². The van der Waals surface area contributed by atoms with E-state index in [1.54, 1.807) is 4.90 Å². The summed E-state index contributed by atoms with van der Waals surface area (Å²) in [7, 11) is 0. The molecule has 2 rings (SSSR count). The van der Waals surface area contributed by atoms with E-state index in [0.717, 1.165) is 25.9 Å². The van der Waals surface area contributed by atoms with E-state index in [2.05, 4.69) is 4.90 Å². The SMILES string of the molecule is CC1CN2CCCC2CN1C(CN)C(F)(F)F. The molecule has 0 bridgehead atoms. The summed E-state index contributed by atoms with van der Waals surface area (Å²) in [6, 6.07) is -1.26. The summed E-state index contributed by atoms with van der Waals surface area (Å²) in [6.45, 7) is 3.78. The first kappa shape index (κ1) is 13.1. The average Bonchev–Trinajstić information content (AvgIpc) is 2.64. The van der Waals surface area contributed by atoms with Gasteiger partial charge in [-0.25, -0.2) is 0 Å². The maximum Gasteiger partial charge on any atom is 0.405 e. The van der Waals surface area contributed by atoms with E-state index >= 15 is 0 Å². The lowest BCUT2D eigenvalue weighted by Gasteiger charge is -2.46. The highest BCUT2D eigenvalue weighted by molar-refractivity contribution is 4.95. The van der Waals surface area contributed by atoms with Crippen molar-refractivity contribution in [2.45, 2.75) is 44.1 Å². The third-order valence-corrected chi connectivity index (χ3v) is 3.99. The first-order valence-corrected chi connectivity index (χ1v) is 6.20. The van der Waals surface area contributed by atoms with E-state index in [4.69, 9.17) is 5.73 Å². The van der Waals surface area contributed by atoms with Gasteiger partial charge < -0.3 is 5.73 Å². The van der Waals surface area contributed by atoms with Crippen molar-refractivity contribution in [3.05, 3.63) is 0 Å². The van der Waals surface area contributed by atoms with Crippen LogP contribution in [0.3, 0.4) is 0 Å². The van der Waals surface area contributed by atoms with E-state index in [9.17, 15) is 13.2 Å². The van der Waals surface area contributed by atoms with Crippen molar-refractivity contribution in [3.63, 3.8) is 0 Å². The van der Waals surface area contributed by atoms with Crippen molar-refractivity contribution in [2.75, 3.05) is 26.2 Å². The largest absolute Gasteiger partial charge is 0.405 e. The maximum atomic E-state index is 12.9. The molecule has 2 fully saturated rings. The molecule has 0 aromatic carbocycles. The Balaban J connectivity index is 2.09. The van der Waals surface area contributed by atoms with Crippen LogP contribution in [0.25, 0.3) is 0 Å². The molecular formula is C11H20F3N3. The van der Waals surface area contributed by atoms with Gasteiger partial charge in [-0.15, -0.1) is 0 Å². The van der Waals surface area contributed by atoms with Gasteiger partial charge in [0.1, 0.15) is 6.04 Å². The normalized spacial score (nSPS) is 33.7. The monoisotopic (exact) mass is 251 g/mol. The summed E-state index contributed by atoms with van der Waals surface area (Å²) in [5, 5.41) is 0. The number of hydrogen-bond donors (Lipinski definition) is 1. The van der Waals surface area contributed by atoms with Crippen LogP contribution < -0.4 is 5.73 Å². The number of fused-ring (bicyclic) bond motifs is 1. The predicted octanol–water partition coefficient (Wildman–Crippen LogP) is 1.04. The van der Waals surface area contributed by atoms with Gasteiger partial charge in [-0.2, -0.15) is 13.2 Å². The van der Waals surface area contributed by atoms with Crippen molar-refractivity contribution in [2.24, 2.45) is 5.73 Å². The Morgan fingerprint density at radius 2 is 2.06 bits per heavy atom. The van der Waals surface area contributed by atoms with Gasteiger partial charge in [-0.1, -0.05) is 0 Å². The Kier molecular flexibility index (Phi) is 3.66. The van der Waals surface area contributed by atoms with Crippen LogP contribution in [0.4, 0.5) is 13.2 Å². The fourth-order valence-corrected chi connectivity index (χ4v) is 3.10. The van der Waals surface area contributed by atoms with Crippen LogP contribution in [0.15, 0.2) is 0 Å². The van der Waals surface area contributed by atoms with Gasteiger partial charge >= 0.3 is 6.18 Å².